The van der Waals surface area contributed by atoms with Gasteiger partial charge in [0.05, 0.1) is 6.61 Å². The molecule has 3 aromatic carbocycles. The van der Waals surface area contributed by atoms with E-state index < -0.39 is 5.97 Å². The lowest BCUT2D eigenvalue weighted by Crippen LogP contribution is -2.16. The minimum Gasteiger partial charge on any atom is -0.504 e. The number of hydrogen-bond donors (Lipinski definition) is 3. The van der Waals surface area contributed by atoms with Crippen molar-refractivity contribution in [1.29, 1.82) is 0 Å². The molecule has 0 aliphatic carbocycles. The van der Waals surface area contributed by atoms with Crippen LogP contribution in [0.5, 0.6) is 17.2 Å². The third-order valence-electron chi connectivity index (χ3n) is 5.08. The lowest BCUT2D eigenvalue weighted by atomic mass is 10.1. The summed E-state index contributed by atoms with van der Waals surface area (Å²) in [5, 5.41) is 22.0. The van der Waals surface area contributed by atoms with Crippen molar-refractivity contribution in [3.63, 3.8) is 0 Å². The van der Waals surface area contributed by atoms with E-state index in [-0.39, 0.29) is 24.2 Å². The van der Waals surface area contributed by atoms with Crippen LogP contribution in [-0.2, 0) is 16.0 Å². The van der Waals surface area contributed by atoms with E-state index in [1.54, 1.807) is 6.07 Å². The molecule has 3 N–H and O–H groups in total. The average Bonchev–Trinajstić information content (AvgIpc) is 2.84. The van der Waals surface area contributed by atoms with Crippen molar-refractivity contribution in [3.05, 3.63) is 95.6 Å². The van der Waals surface area contributed by atoms with Gasteiger partial charge in [-0.15, -0.1) is 0 Å². The van der Waals surface area contributed by atoms with Crippen molar-refractivity contribution < 1.29 is 24.5 Å². The summed E-state index contributed by atoms with van der Waals surface area (Å²) in [4.78, 5) is 11.9. The number of benzene rings is 3. The summed E-state index contributed by atoms with van der Waals surface area (Å²) < 4.78 is 11.5. The second kappa shape index (κ2) is 12.3. The largest absolute Gasteiger partial charge is 0.504 e. The Kier molecular flexibility index (Phi) is 8.91. The summed E-state index contributed by atoms with van der Waals surface area (Å²) in [5.74, 6) is -0.131. The molecule has 33 heavy (non-hydrogen) atoms. The van der Waals surface area contributed by atoms with Crippen molar-refractivity contribution in [3.8, 4) is 17.2 Å². The highest BCUT2D eigenvalue weighted by Gasteiger charge is 2.13. The molecule has 172 valence electrons. The molecule has 3 rings (SSSR count). The summed E-state index contributed by atoms with van der Waals surface area (Å²) in [6.07, 6.45) is 4.22. The van der Waals surface area contributed by atoms with E-state index in [0.717, 1.165) is 29.8 Å². The Hall–Kier alpha value is -3.77. The second-order valence-corrected chi connectivity index (χ2v) is 7.55. The van der Waals surface area contributed by atoms with Gasteiger partial charge in [0, 0.05) is 18.9 Å². The van der Waals surface area contributed by atoms with E-state index >= 15 is 0 Å². The third kappa shape index (κ3) is 7.70. The van der Waals surface area contributed by atoms with Gasteiger partial charge in [0.25, 0.3) is 0 Å². The fraction of sp³-hybridized carbons (Fsp3) is 0.222. The quantitative estimate of drug-likeness (QED) is 0.226. The number of aromatic hydroxyl groups is 2. The highest BCUT2D eigenvalue weighted by Crippen LogP contribution is 2.26. The summed E-state index contributed by atoms with van der Waals surface area (Å²) in [6, 6.07) is 22.3. The van der Waals surface area contributed by atoms with Crippen molar-refractivity contribution >= 4 is 12.0 Å². The first-order valence-electron chi connectivity index (χ1n) is 10.9. The zero-order chi connectivity index (χ0) is 23.5. The van der Waals surface area contributed by atoms with E-state index in [2.05, 4.69) is 17.4 Å². The Morgan fingerprint density at radius 2 is 1.76 bits per heavy atom. The molecule has 6 nitrogen and oxygen atoms in total. The van der Waals surface area contributed by atoms with Crippen molar-refractivity contribution in [2.24, 2.45) is 0 Å². The third-order valence-corrected chi connectivity index (χ3v) is 5.08. The summed E-state index contributed by atoms with van der Waals surface area (Å²) in [7, 11) is 1.93. The fourth-order valence-electron chi connectivity index (χ4n) is 3.26. The molecule has 0 heterocycles. The minimum atomic E-state index is -0.474. The number of rotatable bonds is 11. The standard InChI is InChI=1S/C27H29NO5/c1-28-17-15-26(22-5-3-2-4-6-22)33-23-11-7-20(8-12-23)16-18-32-27(31)14-10-21-9-13-24(29)25(30)19-21/h2-14,19,26,28-30H,15-18H2,1H3/b14-10+. The average molecular weight is 448 g/mol. The molecule has 1 unspecified atom stereocenters. The Morgan fingerprint density at radius 3 is 2.45 bits per heavy atom. The number of carbonyl (C=O) groups is 1. The summed E-state index contributed by atoms with van der Waals surface area (Å²) in [5.41, 5.74) is 2.76. The Morgan fingerprint density at radius 1 is 1.00 bits per heavy atom. The van der Waals surface area contributed by atoms with Gasteiger partial charge in [-0.05, 0) is 60.6 Å². The number of hydrogen-bond acceptors (Lipinski definition) is 6. The molecule has 0 spiro atoms. The predicted octanol–water partition coefficient (Wildman–Crippen LogP) is 4.63. The number of esters is 1. The molecule has 3 aromatic rings. The van der Waals surface area contributed by atoms with Crippen LogP contribution >= 0.6 is 0 Å². The van der Waals surface area contributed by atoms with Gasteiger partial charge in [-0.2, -0.15) is 0 Å². The zero-order valence-electron chi connectivity index (χ0n) is 18.6. The molecular formula is C27H29NO5. The van der Waals surface area contributed by atoms with Gasteiger partial charge in [0.15, 0.2) is 11.5 Å². The van der Waals surface area contributed by atoms with Crippen LogP contribution in [0.15, 0.2) is 78.9 Å². The normalized spacial score (nSPS) is 11.9. The molecule has 0 radical (unpaired) electrons. The van der Waals surface area contributed by atoms with Crippen LogP contribution in [0.2, 0.25) is 0 Å². The van der Waals surface area contributed by atoms with Gasteiger partial charge in [-0.3, -0.25) is 0 Å². The highest BCUT2D eigenvalue weighted by atomic mass is 16.5. The predicted molar refractivity (Wildman–Crippen MR) is 128 cm³/mol. The molecule has 6 heteroatoms. The van der Waals surface area contributed by atoms with Crippen LogP contribution in [0.25, 0.3) is 6.08 Å². The number of carbonyl (C=O) groups excluding carboxylic acids is 1. The fourth-order valence-corrected chi connectivity index (χ4v) is 3.26. The van der Waals surface area contributed by atoms with Crippen LogP contribution in [-0.4, -0.2) is 36.4 Å². The van der Waals surface area contributed by atoms with Crippen molar-refractivity contribution in [2.75, 3.05) is 20.2 Å². The lowest BCUT2D eigenvalue weighted by Gasteiger charge is -2.20. The number of phenols is 2. The SMILES string of the molecule is CNCCC(Oc1ccc(CCOC(=O)/C=C/c2ccc(O)c(O)c2)cc1)c1ccccc1. The van der Waals surface area contributed by atoms with Crippen LogP contribution in [0.3, 0.4) is 0 Å². The van der Waals surface area contributed by atoms with Gasteiger partial charge in [-0.25, -0.2) is 4.79 Å². The molecule has 1 atom stereocenters. The maximum absolute atomic E-state index is 11.9. The van der Waals surface area contributed by atoms with Crippen LogP contribution in [0, 0.1) is 0 Å². The number of nitrogens with one attached hydrogen (secondary N) is 1. The van der Waals surface area contributed by atoms with Gasteiger partial charge in [0.1, 0.15) is 11.9 Å². The van der Waals surface area contributed by atoms with E-state index in [1.807, 2.05) is 49.5 Å². The van der Waals surface area contributed by atoms with Gasteiger partial charge >= 0.3 is 5.97 Å². The van der Waals surface area contributed by atoms with E-state index in [1.165, 1.54) is 24.3 Å². The highest BCUT2D eigenvalue weighted by molar-refractivity contribution is 5.87. The van der Waals surface area contributed by atoms with Gasteiger partial charge < -0.3 is 25.0 Å². The first kappa shape index (κ1) is 23.9. The van der Waals surface area contributed by atoms with E-state index in [4.69, 9.17) is 9.47 Å². The zero-order valence-corrected chi connectivity index (χ0v) is 18.6. The maximum atomic E-state index is 11.9. The molecule has 0 aliphatic heterocycles. The molecule has 0 fully saturated rings. The van der Waals surface area contributed by atoms with Crippen LogP contribution in [0.1, 0.15) is 29.2 Å². The van der Waals surface area contributed by atoms with Crippen molar-refractivity contribution in [2.45, 2.75) is 18.9 Å². The molecular weight excluding hydrogens is 418 g/mol. The molecule has 0 aliphatic rings. The van der Waals surface area contributed by atoms with Gasteiger partial charge in [0.2, 0.25) is 0 Å². The van der Waals surface area contributed by atoms with Crippen LogP contribution in [0.4, 0.5) is 0 Å². The molecule has 0 saturated heterocycles. The van der Waals surface area contributed by atoms with E-state index in [9.17, 15) is 15.0 Å². The van der Waals surface area contributed by atoms with E-state index in [0.29, 0.717) is 12.0 Å². The lowest BCUT2D eigenvalue weighted by molar-refractivity contribution is -0.137. The summed E-state index contributed by atoms with van der Waals surface area (Å²) in [6.45, 7) is 1.10. The smallest absolute Gasteiger partial charge is 0.330 e. The van der Waals surface area contributed by atoms with Gasteiger partial charge in [-0.1, -0.05) is 48.5 Å². The van der Waals surface area contributed by atoms with Crippen LogP contribution < -0.4 is 10.1 Å². The molecule has 0 bridgehead atoms. The maximum Gasteiger partial charge on any atom is 0.330 e. The molecule has 0 amide bonds. The second-order valence-electron chi connectivity index (χ2n) is 7.55. The minimum absolute atomic E-state index is 0.0345. The first-order chi connectivity index (χ1) is 16.0. The number of phenolic OH excluding ortho intramolecular Hbond substituents is 2. The monoisotopic (exact) mass is 447 g/mol. The first-order valence-corrected chi connectivity index (χ1v) is 10.9. The van der Waals surface area contributed by atoms with Crippen molar-refractivity contribution in [1.82, 2.24) is 5.32 Å². The summed E-state index contributed by atoms with van der Waals surface area (Å²) >= 11 is 0. The number of ether oxygens (including phenoxy) is 2. The molecule has 0 aromatic heterocycles. The molecule has 0 saturated carbocycles. The Bertz CT molecular complexity index is 1050. The Labute approximate surface area is 194 Å². The topological polar surface area (TPSA) is 88.0 Å². The Balaban J connectivity index is 1.48.